The maximum Gasteiger partial charge on any atom is 0.224 e. The Kier molecular flexibility index (Phi) is 6.89. The van der Waals surface area contributed by atoms with Crippen molar-refractivity contribution in [3.05, 3.63) is 101 Å². The number of nitrogens with one attached hydrogen (secondary N) is 1. The molecular weight excluding hydrogens is 424 g/mol. The fraction of sp³-hybridized carbons (Fsp3) is 0.250. The Hall–Kier alpha value is -3.77. The summed E-state index contributed by atoms with van der Waals surface area (Å²) in [4.78, 5) is 32.9. The smallest absolute Gasteiger partial charge is 0.224 e. The number of aryl methyl sites for hydroxylation is 1. The van der Waals surface area contributed by atoms with Crippen LogP contribution in [0.2, 0.25) is 0 Å². The van der Waals surface area contributed by atoms with Gasteiger partial charge in [0.15, 0.2) is 5.78 Å². The van der Waals surface area contributed by atoms with E-state index in [0.717, 1.165) is 27.9 Å². The number of hydrogen-bond donors (Lipinski definition) is 2. The van der Waals surface area contributed by atoms with Crippen LogP contribution in [0.5, 0.6) is 0 Å². The molecule has 4 rings (SSSR count). The fourth-order valence-corrected chi connectivity index (χ4v) is 4.21. The molecule has 0 saturated heterocycles. The van der Waals surface area contributed by atoms with Gasteiger partial charge in [-0.25, -0.2) is 0 Å². The summed E-state index contributed by atoms with van der Waals surface area (Å²) in [6.07, 6.45) is -0.468. The van der Waals surface area contributed by atoms with Gasteiger partial charge in [-0.2, -0.15) is 0 Å². The molecule has 0 aromatic heterocycles. The number of ketones is 1. The molecule has 6 heteroatoms. The normalized spacial score (nSPS) is 18.4. The Labute approximate surface area is 200 Å². The van der Waals surface area contributed by atoms with E-state index in [2.05, 4.69) is 5.32 Å². The minimum absolute atomic E-state index is 0.207. The molecule has 1 amide bonds. The predicted molar refractivity (Wildman–Crippen MR) is 136 cm³/mol. The van der Waals surface area contributed by atoms with Gasteiger partial charge in [0.2, 0.25) is 5.91 Å². The molecule has 3 aromatic carbocycles. The molecule has 34 heavy (non-hydrogen) atoms. The van der Waals surface area contributed by atoms with E-state index in [1.165, 1.54) is 0 Å². The third-order valence-corrected chi connectivity index (χ3v) is 6.21. The standard InChI is InChI=1S/C28H30N4O2/c1-18-13-15-20(16-14-18)17-24(33)30-19(2)27(34)26-28(29)32(3)23-12-8-7-11-22(23)25(31-26)21-9-5-4-6-10-21/h4-16,19,26,28H,17,29H2,1-3H3,(H,30,33)/t19?,26?,28-/m0/s1. The first-order valence-electron chi connectivity index (χ1n) is 11.4. The van der Waals surface area contributed by atoms with Crippen molar-refractivity contribution in [1.82, 2.24) is 5.32 Å². The van der Waals surface area contributed by atoms with Crippen LogP contribution < -0.4 is 16.0 Å². The molecule has 0 radical (unpaired) electrons. The lowest BCUT2D eigenvalue weighted by atomic mass is 10.00. The fourth-order valence-electron chi connectivity index (χ4n) is 4.21. The van der Waals surface area contributed by atoms with Crippen LogP contribution in [0.3, 0.4) is 0 Å². The second-order valence-electron chi connectivity index (χ2n) is 8.76. The van der Waals surface area contributed by atoms with Gasteiger partial charge in [-0.1, -0.05) is 78.4 Å². The van der Waals surface area contributed by atoms with Crippen LogP contribution in [-0.2, 0) is 16.0 Å². The lowest BCUT2D eigenvalue weighted by molar-refractivity contribution is -0.127. The van der Waals surface area contributed by atoms with Gasteiger partial charge in [0.25, 0.3) is 0 Å². The van der Waals surface area contributed by atoms with Gasteiger partial charge < -0.3 is 16.0 Å². The van der Waals surface area contributed by atoms with Crippen LogP contribution in [0.15, 0.2) is 83.9 Å². The SMILES string of the molecule is Cc1ccc(CC(=O)NC(C)C(=O)C2N=C(c3ccccc3)c3ccccc3N(C)[C@@H]2N)cc1. The van der Waals surface area contributed by atoms with Crippen molar-refractivity contribution >= 4 is 23.1 Å². The van der Waals surface area contributed by atoms with Gasteiger partial charge >= 0.3 is 0 Å². The second kappa shape index (κ2) is 10.0. The summed E-state index contributed by atoms with van der Waals surface area (Å²) in [5.41, 5.74) is 12.0. The minimum Gasteiger partial charge on any atom is -0.356 e. The molecule has 3 N–H and O–H groups in total. The Balaban J connectivity index is 1.61. The number of nitrogens with two attached hydrogens (primary N) is 1. The molecule has 1 aliphatic rings. The molecule has 1 aliphatic heterocycles. The summed E-state index contributed by atoms with van der Waals surface area (Å²) in [5, 5.41) is 2.84. The van der Waals surface area contributed by atoms with Crippen molar-refractivity contribution in [3.63, 3.8) is 0 Å². The maximum absolute atomic E-state index is 13.5. The van der Waals surface area contributed by atoms with Crippen LogP contribution in [0.1, 0.15) is 29.2 Å². The summed E-state index contributed by atoms with van der Waals surface area (Å²) < 4.78 is 0. The summed E-state index contributed by atoms with van der Waals surface area (Å²) in [5.74, 6) is -0.436. The van der Waals surface area contributed by atoms with E-state index in [1.807, 2.05) is 97.7 Å². The third kappa shape index (κ3) is 4.92. The largest absolute Gasteiger partial charge is 0.356 e. The third-order valence-electron chi connectivity index (χ3n) is 6.21. The molecule has 2 unspecified atom stereocenters. The van der Waals surface area contributed by atoms with Crippen molar-refractivity contribution in [2.75, 3.05) is 11.9 Å². The van der Waals surface area contributed by atoms with E-state index in [1.54, 1.807) is 6.92 Å². The predicted octanol–water partition coefficient (Wildman–Crippen LogP) is 3.25. The van der Waals surface area contributed by atoms with Gasteiger partial charge in [-0.15, -0.1) is 0 Å². The van der Waals surface area contributed by atoms with Crippen LogP contribution in [0, 0.1) is 6.92 Å². The lowest BCUT2D eigenvalue weighted by Crippen LogP contribution is -2.55. The Morgan fingerprint density at radius 1 is 1.00 bits per heavy atom. The van der Waals surface area contributed by atoms with Crippen molar-refractivity contribution in [2.24, 2.45) is 10.7 Å². The summed E-state index contributed by atoms with van der Waals surface area (Å²) in [7, 11) is 1.87. The molecule has 0 fully saturated rings. The first-order chi connectivity index (χ1) is 16.3. The number of hydrogen-bond acceptors (Lipinski definition) is 5. The zero-order valence-electron chi connectivity index (χ0n) is 19.7. The maximum atomic E-state index is 13.5. The number of aliphatic imine (C=N–C) groups is 1. The number of benzodiazepines with no additional fused rings is 1. The van der Waals surface area contributed by atoms with Gasteiger partial charge in [-0.05, 0) is 25.5 Å². The molecule has 6 nitrogen and oxygen atoms in total. The number of carbonyl (C=O) groups excluding carboxylic acids is 2. The number of benzene rings is 3. The molecule has 0 aliphatic carbocycles. The molecule has 3 aromatic rings. The number of Topliss-reactive ketones (excluding diaryl/α,β-unsaturated/α-hetero) is 1. The lowest BCUT2D eigenvalue weighted by Gasteiger charge is -2.30. The first-order valence-corrected chi connectivity index (χ1v) is 11.4. The van der Waals surface area contributed by atoms with E-state index >= 15 is 0 Å². The first kappa shape index (κ1) is 23.4. The van der Waals surface area contributed by atoms with E-state index < -0.39 is 18.2 Å². The molecular formula is C28H30N4O2. The van der Waals surface area contributed by atoms with E-state index in [0.29, 0.717) is 5.71 Å². The Morgan fingerprint density at radius 3 is 2.35 bits per heavy atom. The molecule has 3 atom stereocenters. The summed E-state index contributed by atoms with van der Waals surface area (Å²) in [6, 6.07) is 23.8. The van der Waals surface area contributed by atoms with Gasteiger partial charge in [-0.3, -0.25) is 14.6 Å². The van der Waals surface area contributed by atoms with Gasteiger partial charge in [0.1, 0.15) is 12.2 Å². The highest BCUT2D eigenvalue weighted by molar-refractivity contribution is 6.17. The van der Waals surface area contributed by atoms with Crippen LogP contribution >= 0.6 is 0 Å². The molecule has 0 spiro atoms. The molecule has 0 bridgehead atoms. The zero-order chi connectivity index (χ0) is 24.2. The average molecular weight is 455 g/mol. The molecule has 174 valence electrons. The number of fused-ring (bicyclic) bond motifs is 1. The monoisotopic (exact) mass is 454 g/mol. The summed E-state index contributed by atoms with van der Waals surface area (Å²) in [6.45, 7) is 3.69. The van der Waals surface area contributed by atoms with Crippen LogP contribution in [0.25, 0.3) is 0 Å². The highest BCUT2D eigenvalue weighted by Crippen LogP contribution is 2.29. The van der Waals surface area contributed by atoms with Crippen LogP contribution in [0.4, 0.5) is 5.69 Å². The number of para-hydroxylation sites is 1. The van der Waals surface area contributed by atoms with Crippen molar-refractivity contribution in [1.29, 1.82) is 0 Å². The summed E-state index contributed by atoms with van der Waals surface area (Å²) >= 11 is 0. The Morgan fingerprint density at radius 2 is 1.65 bits per heavy atom. The van der Waals surface area contributed by atoms with E-state index in [-0.39, 0.29) is 18.1 Å². The topological polar surface area (TPSA) is 87.8 Å². The quantitative estimate of drug-likeness (QED) is 0.599. The van der Waals surface area contributed by atoms with Gasteiger partial charge in [0, 0.05) is 23.9 Å². The van der Waals surface area contributed by atoms with Crippen molar-refractivity contribution in [2.45, 2.75) is 38.5 Å². The Bertz CT molecular complexity index is 1200. The molecule has 0 saturated carbocycles. The highest BCUT2D eigenvalue weighted by Gasteiger charge is 2.36. The molecule has 1 heterocycles. The average Bonchev–Trinajstić information content (AvgIpc) is 2.95. The minimum atomic E-state index is -0.845. The van der Waals surface area contributed by atoms with Crippen LogP contribution in [-0.4, -0.2) is 42.7 Å². The van der Waals surface area contributed by atoms with Crippen molar-refractivity contribution < 1.29 is 9.59 Å². The number of nitrogens with zero attached hydrogens (tertiary/aromatic N) is 2. The number of anilines is 1. The number of carbonyl (C=O) groups is 2. The zero-order valence-corrected chi connectivity index (χ0v) is 19.7. The number of rotatable bonds is 6. The second-order valence-corrected chi connectivity index (χ2v) is 8.76. The van der Waals surface area contributed by atoms with Gasteiger partial charge in [0.05, 0.1) is 18.2 Å². The van der Waals surface area contributed by atoms with E-state index in [9.17, 15) is 9.59 Å². The van der Waals surface area contributed by atoms with E-state index in [4.69, 9.17) is 10.7 Å². The number of likely N-dealkylation sites (N-methyl/N-ethyl adjacent to an activating group) is 1. The highest BCUT2D eigenvalue weighted by atomic mass is 16.2. The number of amides is 1. The van der Waals surface area contributed by atoms with Crippen molar-refractivity contribution in [3.8, 4) is 0 Å².